The van der Waals surface area contributed by atoms with Gasteiger partial charge in [-0.1, -0.05) is 0 Å². The molecule has 0 aliphatic rings. The van der Waals surface area contributed by atoms with Crippen LogP contribution < -0.4 is 4.74 Å². The van der Waals surface area contributed by atoms with Crippen LogP contribution in [0.4, 0.5) is 17.6 Å². The average Bonchev–Trinajstić information content (AvgIpc) is 2.60. The second kappa shape index (κ2) is 5.08. The zero-order valence-corrected chi connectivity index (χ0v) is 11.5. The van der Waals surface area contributed by atoms with E-state index in [-0.39, 0.29) is 10.5 Å². The van der Waals surface area contributed by atoms with Gasteiger partial charge in [0.05, 0.1) is 24.6 Å². The lowest BCUT2D eigenvalue weighted by Crippen LogP contribution is -2.16. The SMILES string of the molecule is COc1cc2c(cc1F)[nH]c(=S)n2C(C)CC(F)(F)F. The molecule has 0 spiro atoms. The van der Waals surface area contributed by atoms with Gasteiger partial charge in [-0.05, 0) is 19.1 Å². The van der Waals surface area contributed by atoms with E-state index >= 15 is 0 Å². The Hall–Kier alpha value is -1.57. The Labute approximate surface area is 117 Å². The van der Waals surface area contributed by atoms with E-state index in [1.165, 1.54) is 24.7 Å². The van der Waals surface area contributed by atoms with Crippen molar-refractivity contribution in [2.45, 2.75) is 25.6 Å². The highest BCUT2D eigenvalue weighted by Crippen LogP contribution is 2.32. The summed E-state index contributed by atoms with van der Waals surface area (Å²) in [5, 5.41) is 0. The molecule has 1 unspecified atom stereocenters. The number of hydrogen-bond acceptors (Lipinski definition) is 2. The maximum atomic E-state index is 13.6. The molecule has 3 nitrogen and oxygen atoms in total. The molecule has 1 atom stereocenters. The number of aromatic nitrogens is 2. The molecule has 8 heteroatoms. The Kier molecular flexibility index (Phi) is 3.77. The molecule has 2 aromatic rings. The molecule has 0 amide bonds. The number of benzene rings is 1. The van der Waals surface area contributed by atoms with Crippen LogP contribution in [0.15, 0.2) is 12.1 Å². The number of alkyl halides is 3. The van der Waals surface area contributed by atoms with Crippen LogP contribution in [0.5, 0.6) is 5.75 Å². The van der Waals surface area contributed by atoms with Crippen molar-refractivity contribution in [3.8, 4) is 5.75 Å². The number of methoxy groups -OCH3 is 1. The predicted molar refractivity (Wildman–Crippen MR) is 69.0 cm³/mol. The molecule has 1 N–H and O–H groups in total. The Morgan fingerprint density at radius 3 is 2.60 bits per heavy atom. The lowest BCUT2D eigenvalue weighted by molar-refractivity contribution is -0.141. The first kappa shape index (κ1) is 14.8. The van der Waals surface area contributed by atoms with Crippen molar-refractivity contribution in [1.82, 2.24) is 9.55 Å². The van der Waals surface area contributed by atoms with E-state index < -0.39 is 24.5 Å². The van der Waals surface area contributed by atoms with Crippen molar-refractivity contribution < 1.29 is 22.3 Å². The number of fused-ring (bicyclic) bond motifs is 1. The van der Waals surface area contributed by atoms with E-state index in [1.807, 2.05) is 0 Å². The first-order valence-corrected chi connectivity index (χ1v) is 6.18. The van der Waals surface area contributed by atoms with Crippen LogP contribution in [0.25, 0.3) is 11.0 Å². The van der Waals surface area contributed by atoms with E-state index in [0.29, 0.717) is 11.0 Å². The molecule has 20 heavy (non-hydrogen) atoms. The molecule has 0 saturated heterocycles. The fourth-order valence-electron chi connectivity index (χ4n) is 2.15. The minimum atomic E-state index is -4.30. The molecule has 2 rings (SSSR count). The van der Waals surface area contributed by atoms with Crippen LogP contribution in [0, 0.1) is 10.6 Å². The number of imidazole rings is 1. The van der Waals surface area contributed by atoms with Gasteiger partial charge in [0.25, 0.3) is 0 Å². The predicted octanol–water partition coefficient (Wildman–Crippen LogP) is 4.36. The maximum absolute atomic E-state index is 13.6. The van der Waals surface area contributed by atoms with Gasteiger partial charge in [0.2, 0.25) is 0 Å². The van der Waals surface area contributed by atoms with Crippen LogP contribution in [0.2, 0.25) is 0 Å². The second-order valence-corrected chi connectivity index (χ2v) is 4.86. The smallest absolute Gasteiger partial charge is 0.391 e. The quantitative estimate of drug-likeness (QED) is 0.674. The van der Waals surface area contributed by atoms with E-state index in [1.54, 1.807) is 0 Å². The number of H-pyrrole nitrogens is 1. The fourth-order valence-corrected chi connectivity index (χ4v) is 2.54. The van der Waals surface area contributed by atoms with Crippen molar-refractivity contribution in [3.05, 3.63) is 22.7 Å². The molecule has 0 saturated carbocycles. The number of halogens is 4. The van der Waals surface area contributed by atoms with Gasteiger partial charge in [-0.15, -0.1) is 0 Å². The van der Waals surface area contributed by atoms with E-state index in [0.717, 1.165) is 6.07 Å². The van der Waals surface area contributed by atoms with Gasteiger partial charge < -0.3 is 14.3 Å². The minimum absolute atomic E-state index is 0.0422. The molecule has 0 fully saturated rings. The standard InChI is InChI=1S/C12H12F4N2OS/c1-6(5-12(14,15)16)18-9-4-10(19-2)7(13)3-8(9)17-11(18)20/h3-4,6H,5H2,1-2H3,(H,17,20). The van der Waals surface area contributed by atoms with E-state index in [9.17, 15) is 17.6 Å². The lowest BCUT2D eigenvalue weighted by Gasteiger charge is -2.16. The Bertz CT molecular complexity index is 689. The van der Waals surface area contributed by atoms with Crippen molar-refractivity contribution in [3.63, 3.8) is 0 Å². The summed E-state index contributed by atoms with van der Waals surface area (Å²) >= 11 is 5.02. The number of nitrogens with zero attached hydrogens (tertiary/aromatic N) is 1. The molecular weight excluding hydrogens is 296 g/mol. The first-order chi connectivity index (χ1) is 9.23. The minimum Gasteiger partial charge on any atom is -0.494 e. The highest BCUT2D eigenvalue weighted by molar-refractivity contribution is 7.71. The third kappa shape index (κ3) is 2.79. The zero-order valence-electron chi connectivity index (χ0n) is 10.7. The molecule has 1 aromatic carbocycles. The molecule has 1 aromatic heterocycles. The zero-order chi connectivity index (χ0) is 15.1. The van der Waals surface area contributed by atoms with Crippen molar-refractivity contribution in [1.29, 1.82) is 0 Å². The second-order valence-electron chi connectivity index (χ2n) is 4.47. The van der Waals surface area contributed by atoms with Crippen LogP contribution in [-0.4, -0.2) is 22.8 Å². The Balaban J connectivity index is 2.58. The van der Waals surface area contributed by atoms with Gasteiger partial charge in [-0.2, -0.15) is 13.2 Å². The highest BCUT2D eigenvalue weighted by atomic mass is 32.1. The molecule has 0 radical (unpaired) electrons. The van der Waals surface area contributed by atoms with Crippen molar-refractivity contribution >= 4 is 23.3 Å². The average molecular weight is 308 g/mol. The summed E-state index contributed by atoms with van der Waals surface area (Å²) in [5.41, 5.74) is 0.715. The summed E-state index contributed by atoms with van der Waals surface area (Å²) in [7, 11) is 1.29. The van der Waals surface area contributed by atoms with E-state index in [4.69, 9.17) is 17.0 Å². The van der Waals surface area contributed by atoms with Gasteiger partial charge >= 0.3 is 6.18 Å². The molecule has 0 aliphatic carbocycles. The topological polar surface area (TPSA) is 29.9 Å². The normalized spacial score (nSPS) is 13.7. The Morgan fingerprint density at radius 2 is 2.05 bits per heavy atom. The van der Waals surface area contributed by atoms with Gasteiger partial charge in [0, 0.05) is 18.2 Å². The third-order valence-electron chi connectivity index (χ3n) is 2.96. The highest BCUT2D eigenvalue weighted by Gasteiger charge is 2.31. The Morgan fingerprint density at radius 1 is 1.40 bits per heavy atom. The summed E-state index contributed by atoms with van der Waals surface area (Å²) in [6.45, 7) is 1.41. The van der Waals surface area contributed by atoms with Crippen molar-refractivity contribution in [2.75, 3.05) is 7.11 Å². The summed E-state index contributed by atoms with van der Waals surface area (Å²) in [4.78, 5) is 2.70. The van der Waals surface area contributed by atoms with Gasteiger partial charge in [-0.25, -0.2) is 4.39 Å². The number of aromatic amines is 1. The van der Waals surface area contributed by atoms with Crippen LogP contribution in [0.1, 0.15) is 19.4 Å². The van der Waals surface area contributed by atoms with Gasteiger partial charge in [-0.3, -0.25) is 0 Å². The van der Waals surface area contributed by atoms with E-state index in [2.05, 4.69) is 4.98 Å². The molecule has 0 bridgehead atoms. The lowest BCUT2D eigenvalue weighted by atomic mass is 10.2. The van der Waals surface area contributed by atoms with Crippen LogP contribution >= 0.6 is 12.2 Å². The fraction of sp³-hybridized carbons (Fsp3) is 0.417. The number of nitrogens with one attached hydrogen (secondary N) is 1. The van der Waals surface area contributed by atoms with Gasteiger partial charge in [0.1, 0.15) is 0 Å². The molecule has 1 heterocycles. The first-order valence-electron chi connectivity index (χ1n) is 5.77. The summed E-state index contributed by atoms with van der Waals surface area (Å²) in [6.07, 6.45) is -5.32. The molecule has 0 aliphatic heterocycles. The number of ether oxygens (including phenoxy) is 1. The van der Waals surface area contributed by atoms with Gasteiger partial charge in [0.15, 0.2) is 16.3 Å². The number of rotatable bonds is 3. The van der Waals surface area contributed by atoms with Crippen LogP contribution in [0.3, 0.4) is 0 Å². The largest absolute Gasteiger partial charge is 0.494 e. The monoisotopic (exact) mass is 308 g/mol. The third-order valence-corrected chi connectivity index (χ3v) is 3.26. The number of hydrogen-bond donors (Lipinski definition) is 1. The van der Waals surface area contributed by atoms with Crippen LogP contribution in [-0.2, 0) is 0 Å². The summed E-state index contributed by atoms with van der Waals surface area (Å²) in [6, 6.07) is 1.59. The summed E-state index contributed by atoms with van der Waals surface area (Å²) in [5.74, 6) is -0.647. The van der Waals surface area contributed by atoms with Crippen molar-refractivity contribution in [2.24, 2.45) is 0 Å². The maximum Gasteiger partial charge on any atom is 0.391 e. The summed E-state index contributed by atoms with van der Waals surface area (Å²) < 4.78 is 57.3. The molecule has 110 valence electrons. The molecular formula is C12H12F4N2OS.